The largest absolute Gasteiger partial charge is 0.488 e. The first kappa shape index (κ1) is 15.6. The fourth-order valence-electron chi connectivity index (χ4n) is 1.23. The number of rotatable bonds is 6. The summed E-state index contributed by atoms with van der Waals surface area (Å²) in [6, 6.07) is 2.61. The maximum atomic E-state index is 11.6. The molecular weight excluding hydrogens is 273 g/mol. The summed E-state index contributed by atoms with van der Waals surface area (Å²) < 4.78 is 23.8. The lowest BCUT2D eigenvalue weighted by Gasteiger charge is -2.06. The third kappa shape index (κ3) is 5.79. The highest BCUT2D eigenvalue weighted by atomic mass is 32.2. The normalized spacial score (nSPS) is 11.1. The maximum absolute atomic E-state index is 11.6. The zero-order valence-electron chi connectivity index (χ0n) is 10.2. The molecule has 1 rings (SSSR count). The van der Waals surface area contributed by atoms with Gasteiger partial charge in [-0.25, -0.2) is 13.1 Å². The van der Waals surface area contributed by atoms with Gasteiger partial charge in [-0.1, -0.05) is 0 Å². The molecule has 0 unspecified atom stereocenters. The zero-order valence-corrected chi connectivity index (χ0v) is 11.0. The van der Waals surface area contributed by atoms with E-state index in [-0.39, 0.29) is 24.2 Å². The summed E-state index contributed by atoms with van der Waals surface area (Å²) in [7, 11) is -4.97. The Morgan fingerprint density at radius 2 is 2.11 bits per heavy atom. The summed E-state index contributed by atoms with van der Waals surface area (Å²) in [4.78, 5) is 15.4. The number of hydrogen-bond donors (Lipinski definition) is 4. The van der Waals surface area contributed by atoms with Gasteiger partial charge in [0, 0.05) is 19.3 Å². The van der Waals surface area contributed by atoms with Crippen LogP contribution in [0, 0.1) is 0 Å². The van der Waals surface area contributed by atoms with Crippen molar-refractivity contribution in [1.82, 2.24) is 15.0 Å². The first-order valence-electron chi connectivity index (χ1n) is 5.34. The van der Waals surface area contributed by atoms with Crippen LogP contribution in [0.4, 0.5) is 0 Å². The Balaban J connectivity index is 2.52. The Labute approximate surface area is 111 Å². The van der Waals surface area contributed by atoms with Crippen LogP contribution in [0.3, 0.4) is 0 Å². The average molecular weight is 287 g/mol. The van der Waals surface area contributed by atoms with Crippen molar-refractivity contribution in [3.63, 3.8) is 0 Å². The third-order valence-electron chi connectivity index (χ3n) is 2.09. The van der Waals surface area contributed by atoms with Crippen molar-refractivity contribution in [3.05, 3.63) is 24.0 Å². The van der Waals surface area contributed by atoms with Crippen molar-refractivity contribution in [1.29, 1.82) is 0 Å². The van der Waals surface area contributed by atoms with Gasteiger partial charge in [0.15, 0.2) is 0 Å². The molecule has 1 aromatic rings. The number of hydrogen-bond acceptors (Lipinski definition) is 6. The quantitative estimate of drug-likeness (QED) is 0.327. The van der Waals surface area contributed by atoms with Crippen LogP contribution in [0.15, 0.2) is 18.3 Å². The van der Waals surface area contributed by atoms with Crippen molar-refractivity contribution in [3.8, 4) is 0 Å². The van der Waals surface area contributed by atoms with E-state index in [1.54, 1.807) is 0 Å². The Kier molecular flexibility index (Phi) is 5.42. The van der Waals surface area contributed by atoms with E-state index < -0.39 is 23.0 Å². The number of carbonyl (C=O) groups is 1. The van der Waals surface area contributed by atoms with Crippen molar-refractivity contribution in [2.24, 2.45) is 0 Å². The van der Waals surface area contributed by atoms with Crippen LogP contribution >= 0.6 is 0 Å². The molecule has 104 valence electrons. The molecule has 0 aliphatic heterocycles. The van der Waals surface area contributed by atoms with Gasteiger partial charge in [0.25, 0.3) is 5.91 Å². The molecule has 1 heterocycles. The summed E-state index contributed by atoms with van der Waals surface area (Å²) in [5, 5.41) is 20.4. The molecule has 0 bridgehead atoms. The molecule has 0 atom stereocenters. The molecule has 0 saturated carbocycles. The fraction of sp³-hybridized carbons (Fsp3) is 0.333. The summed E-state index contributed by atoms with van der Waals surface area (Å²) >= 11 is 0. The summed E-state index contributed by atoms with van der Waals surface area (Å²) in [6.07, 6.45) is 2.29. The van der Waals surface area contributed by atoms with Crippen LogP contribution in [-0.2, 0) is 10.0 Å². The van der Waals surface area contributed by atoms with E-state index in [4.69, 9.17) is 10.0 Å². The molecule has 0 aromatic carbocycles. The van der Waals surface area contributed by atoms with Gasteiger partial charge < -0.3 is 15.4 Å². The summed E-state index contributed by atoms with van der Waals surface area (Å²) in [5.41, 5.74) is 0.166. The third-order valence-corrected chi connectivity index (χ3v) is 2.82. The number of pyridine rings is 1. The molecule has 19 heavy (non-hydrogen) atoms. The standard InChI is InChI=1S/C9H14BN3O5S/c1-19(17,18)13-5-4-12-9(14)8-6-7(10(15)16)2-3-11-8/h2-3,6,13,15-16H,4-5H2,1H3,(H,12,14). The summed E-state index contributed by atoms with van der Waals surface area (Å²) in [6.45, 7) is 0.159. The van der Waals surface area contributed by atoms with Gasteiger partial charge in [-0.2, -0.15) is 0 Å². The van der Waals surface area contributed by atoms with Crippen molar-refractivity contribution in [2.45, 2.75) is 0 Å². The van der Waals surface area contributed by atoms with Crippen LogP contribution < -0.4 is 15.5 Å². The SMILES string of the molecule is CS(=O)(=O)NCCNC(=O)c1cc(B(O)O)ccn1. The predicted octanol–water partition coefficient (Wildman–Crippen LogP) is -2.96. The van der Waals surface area contributed by atoms with E-state index in [1.165, 1.54) is 18.3 Å². The topological polar surface area (TPSA) is 129 Å². The highest BCUT2D eigenvalue weighted by Gasteiger charge is 2.14. The Hall–Kier alpha value is -1.49. The van der Waals surface area contributed by atoms with Gasteiger partial charge >= 0.3 is 7.12 Å². The lowest BCUT2D eigenvalue weighted by atomic mass is 9.80. The van der Waals surface area contributed by atoms with Crippen LogP contribution in [-0.4, -0.2) is 55.8 Å². The minimum absolute atomic E-state index is 0.0185. The number of nitrogens with zero attached hydrogens (tertiary/aromatic N) is 1. The van der Waals surface area contributed by atoms with Crippen molar-refractivity contribution >= 4 is 28.5 Å². The van der Waals surface area contributed by atoms with Crippen LogP contribution in [0.1, 0.15) is 10.5 Å². The molecule has 0 fully saturated rings. The molecule has 10 heteroatoms. The number of nitrogens with one attached hydrogen (secondary N) is 2. The van der Waals surface area contributed by atoms with Crippen molar-refractivity contribution in [2.75, 3.05) is 19.3 Å². The molecule has 1 amide bonds. The smallest absolute Gasteiger partial charge is 0.423 e. The molecule has 0 saturated heterocycles. The van der Waals surface area contributed by atoms with E-state index in [1.807, 2.05) is 0 Å². The lowest BCUT2D eigenvalue weighted by molar-refractivity contribution is 0.0949. The van der Waals surface area contributed by atoms with Gasteiger partial charge in [0.05, 0.1) is 6.26 Å². The zero-order chi connectivity index (χ0) is 14.5. The Bertz CT molecular complexity index is 549. The second-order valence-electron chi connectivity index (χ2n) is 3.77. The Morgan fingerprint density at radius 3 is 2.68 bits per heavy atom. The van der Waals surface area contributed by atoms with Gasteiger partial charge in [-0.05, 0) is 17.6 Å². The first-order valence-corrected chi connectivity index (χ1v) is 7.23. The number of aromatic nitrogens is 1. The van der Waals surface area contributed by atoms with Gasteiger partial charge in [-0.15, -0.1) is 0 Å². The minimum atomic E-state index is -3.29. The predicted molar refractivity (Wildman–Crippen MR) is 69.2 cm³/mol. The van der Waals surface area contributed by atoms with Crippen LogP contribution in [0.2, 0.25) is 0 Å². The molecule has 0 aliphatic carbocycles. The van der Waals surface area contributed by atoms with Crippen molar-refractivity contribution < 1.29 is 23.3 Å². The van der Waals surface area contributed by atoms with Gasteiger partial charge in [0.2, 0.25) is 10.0 Å². The molecule has 0 spiro atoms. The van der Waals surface area contributed by atoms with E-state index in [0.29, 0.717) is 0 Å². The van der Waals surface area contributed by atoms with Gasteiger partial charge in [-0.3, -0.25) is 9.78 Å². The number of sulfonamides is 1. The van der Waals surface area contributed by atoms with Crippen LogP contribution in [0.5, 0.6) is 0 Å². The average Bonchev–Trinajstić information content (AvgIpc) is 2.33. The molecule has 4 N–H and O–H groups in total. The van der Waals surface area contributed by atoms with E-state index in [0.717, 1.165) is 6.26 Å². The van der Waals surface area contributed by atoms with E-state index in [9.17, 15) is 13.2 Å². The monoisotopic (exact) mass is 287 g/mol. The molecule has 0 radical (unpaired) electrons. The minimum Gasteiger partial charge on any atom is -0.423 e. The maximum Gasteiger partial charge on any atom is 0.488 e. The first-order chi connectivity index (χ1) is 8.79. The van der Waals surface area contributed by atoms with E-state index >= 15 is 0 Å². The van der Waals surface area contributed by atoms with Crippen LogP contribution in [0.25, 0.3) is 0 Å². The molecule has 1 aromatic heterocycles. The Morgan fingerprint density at radius 1 is 1.42 bits per heavy atom. The van der Waals surface area contributed by atoms with E-state index in [2.05, 4.69) is 15.0 Å². The number of carbonyl (C=O) groups excluding carboxylic acids is 1. The molecular formula is C9H14BN3O5S. The fourth-order valence-corrected chi connectivity index (χ4v) is 1.71. The molecule has 8 nitrogen and oxygen atoms in total. The highest BCUT2D eigenvalue weighted by Crippen LogP contribution is 1.92. The summed E-state index contributed by atoms with van der Waals surface area (Å²) in [5.74, 6) is -0.530. The second kappa shape index (κ2) is 6.61. The second-order valence-corrected chi connectivity index (χ2v) is 5.60. The lowest BCUT2D eigenvalue weighted by Crippen LogP contribution is -2.36. The van der Waals surface area contributed by atoms with Gasteiger partial charge in [0.1, 0.15) is 5.69 Å². The number of amides is 1. The highest BCUT2D eigenvalue weighted by molar-refractivity contribution is 7.88. The molecule has 0 aliphatic rings.